The largest absolute Gasteiger partial charge is 0.0840 e. The number of hydrogen-bond donors (Lipinski definition) is 0. The molecular formula is C10H12Cl. The van der Waals surface area contributed by atoms with Crippen LogP contribution in [0.4, 0.5) is 0 Å². The minimum absolute atomic E-state index is 0.854. The maximum atomic E-state index is 5.98. The van der Waals surface area contributed by atoms with Gasteiger partial charge in [-0.05, 0) is 18.1 Å². The van der Waals surface area contributed by atoms with Gasteiger partial charge in [0.15, 0.2) is 0 Å². The highest BCUT2D eigenvalue weighted by molar-refractivity contribution is 6.31. The minimum Gasteiger partial charge on any atom is -0.0840 e. The molecule has 0 saturated heterocycles. The highest BCUT2D eigenvalue weighted by Crippen LogP contribution is 2.24. The highest BCUT2D eigenvalue weighted by atomic mass is 35.5. The Morgan fingerprint density at radius 1 is 1.36 bits per heavy atom. The first-order chi connectivity index (χ1) is 5.25. The van der Waals surface area contributed by atoms with Gasteiger partial charge in [-0.3, -0.25) is 0 Å². The van der Waals surface area contributed by atoms with Crippen LogP contribution in [-0.4, -0.2) is 0 Å². The standard InChI is InChI=1S/C10H12Cl/c1-3-8(2)9-6-4-5-7-10(9)11/h4-7H,3H2,1-2H3. The molecule has 1 heteroatoms. The van der Waals surface area contributed by atoms with Crippen molar-refractivity contribution in [3.05, 3.63) is 40.8 Å². The molecule has 0 atom stereocenters. The summed E-state index contributed by atoms with van der Waals surface area (Å²) in [6.45, 7) is 4.25. The molecule has 0 saturated carbocycles. The van der Waals surface area contributed by atoms with Crippen molar-refractivity contribution in [1.29, 1.82) is 0 Å². The quantitative estimate of drug-likeness (QED) is 0.630. The molecule has 0 fully saturated rings. The molecule has 11 heavy (non-hydrogen) atoms. The molecule has 0 spiro atoms. The lowest BCUT2D eigenvalue weighted by Gasteiger charge is -2.08. The molecule has 0 N–H and O–H groups in total. The molecule has 0 aliphatic heterocycles. The molecule has 1 rings (SSSR count). The van der Waals surface area contributed by atoms with Crippen LogP contribution >= 0.6 is 11.6 Å². The van der Waals surface area contributed by atoms with Crippen LogP contribution in [0.5, 0.6) is 0 Å². The van der Waals surface area contributed by atoms with Gasteiger partial charge in [0.1, 0.15) is 0 Å². The first kappa shape index (κ1) is 8.61. The first-order valence-electron chi connectivity index (χ1n) is 3.83. The second-order valence-corrected chi connectivity index (χ2v) is 3.02. The van der Waals surface area contributed by atoms with Crippen LogP contribution in [0.2, 0.25) is 5.02 Å². The average molecular weight is 168 g/mol. The van der Waals surface area contributed by atoms with E-state index in [2.05, 4.69) is 19.9 Å². The van der Waals surface area contributed by atoms with Crippen molar-refractivity contribution < 1.29 is 0 Å². The Hall–Kier alpha value is -0.490. The lowest BCUT2D eigenvalue weighted by molar-refractivity contribution is 0.958. The Morgan fingerprint density at radius 3 is 2.55 bits per heavy atom. The van der Waals surface area contributed by atoms with Crippen molar-refractivity contribution in [1.82, 2.24) is 0 Å². The van der Waals surface area contributed by atoms with E-state index in [0.717, 1.165) is 11.4 Å². The third-order valence-electron chi connectivity index (χ3n) is 1.86. The van der Waals surface area contributed by atoms with Crippen molar-refractivity contribution in [2.24, 2.45) is 0 Å². The molecular weight excluding hydrogens is 156 g/mol. The van der Waals surface area contributed by atoms with Crippen LogP contribution in [0.25, 0.3) is 0 Å². The zero-order valence-corrected chi connectivity index (χ0v) is 7.65. The van der Waals surface area contributed by atoms with Crippen molar-refractivity contribution in [2.45, 2.75) is 20.3 Å². The van der Waals surface area contributed by atoms with E-state index in [1.165, 1.54) is 11.5 Å². The third kappa shape index (κ3) is 1.97. The van der Waals surface area contributed by atoms with E-state index in [4.69, 9.17) is 11.6 Å². The molecule has 0 aromatic heterocycles. The minimum atomic E-state index is 0.854. The second-order valence-electron chi connectivity index (χ2n) is 2.61. The lowest BCUT2D eigenvalue weighted by Crippen LogP contribution is -1.92. The van der Waals surface area contributed by atoms with Gasteiger partial charge in [0.2, 0.25) is 0 Å². The second kappa shape index (κ2) is 3.77. The summed E-state index contributed by atoms with van der Waals surface area (Å²) in [7, 11) is 0. The van der Waals surface area contributed by atoms with Crippen molar-refractivity contribution in [3.63, 3.8) is 0 Å². The molecule has 1 aromatic rings. The molecule has 0 amide bonds. The number of halogens is 1. The van der Waals surface area contributed by atoms with E-state index in [-0.39, 0.29) is 0 Å². The smallest absolute Gasteiger partial charge is 0.0443 e. The van der Waals surface area contributed by atoms with E-state index < -0.39 is 0 Å². The summed E-state index contributed by atoms with van der Waals surface area (Å²) in [4.78, 5) is 0. The van der Waals surface area contributed by atoms with Crippen molar-refractivity contribution in [2.75, 3.05) is 0 Å². The van der Waals surface area contributed by atoms with E-state index in [9.17, 15) is 0 Å². The number of rotatable bonds is 2. The van der Waals surface area contributed by atoms with Crippen LogP contribution in [0, 0.1) is 5.92 Å². The lowest BCUT2D eigenvalue weighted by atomic mass is 9.99. The Kier molecular flexibility index (Phi) is 2.95. The molecule has 0 bridgehead atoms. The fourth-order valence-electron chi connectivity index (χ4n) is 0.998. The molecule has 0 nitrogen and oxygen atoms in total. The van der Waals surface area contributed by atoms with E-state index in [1.807, 2.05) is 18.2 Å². The molecule has 0 aliphatic rings. The van der Waals surface area contributed by atoms with Gasteiger partial charge in [-0.1, -0.05) is 43.6 Å². The van der Waals surface area contributed by atoms with Gasteiger partial charge < -0.3 is 0 Å². The van der Waals surface area contributed by atoms with Crippen LogP contribution < -0.4 is 0 Å². The number of hydrogen-bond acceptors (Lipinski definition) is 0. The van der Waals surface area contributed by atoms with Crippen molar-refractivity contribution in [3.8, 4) is 0 Å². The Bertz CT molecular complexity index is 230. The van der Waals surface area contributed by atoms with Crippen LogP contribution in [0.1, 0.15) is 25.8 Å². The number of benzene rings is 1. The summed E-state index contributed by atoms with van der Waals surface area (Å²) >= 11 is 5.98. The molecule has 1 aromatic carbocycles. The van der Waals surface area contributed by atoms with E-state index >= 15 is 0 Å². The van der Waals surface area contributed by atoms with Crippen LogP contribution in [0.3, 0.4) is 0 Å². The average Bonchev–Trinajstić information content (AvgIpc) is 2.04. The fourth-order valence-corrected chi connectivity index (χ4v) is 1.29. The Labute approximate surface area is 73.2 Å². The summed E-state index contributed by atoms with van der Waals surface area (Å²) in [5.41, 5.74) is 1.18. The Balaban J connectivity index is 2.93. The first-order valence-corrected chi connectivity index (χ1v) is 4.20. The zero-order valence-electron chi connectivity index (χ0n) is 6.89. The predicted molar refractivity (Wildman–Crippen MR) is 49.8 cm³/mol. The van der Waals surface area contributed by atoms with Crippen molar-refractivity contribution >= 4 is 11.6 Å². The molecule has 59 valence electrons. The van der Waals surface area contributed by atoms with Crippen LogP contribution in [-0.2, 0) is 0 Å². The van der Waals surface area contributed by atoms with Gasteiger partial charge in [0, 0.05) is 10.9 Å². The van der Waals surface area contributed by atoms with Gasteiger partial charge in [-0.15, -0.1) is 0 Å². The highest BCUT2D eigenvalue weighted by Gasteiger charge is 2.05. The summed E-state index contributed by atoms with van der Waals surface area (Å²) in [5.74, 6) is 1.34. The fraction of sp³-hybridized carbons (Fsp3) is 0.300. The van der Waals surface area contributed by atoms with E-state index in [0.29, 0.717) is 0 Å². The normalized spacial score (nSPS) is 10.5. The van der Waals surface area contributed by atoms with Gasteiger partial charge in [-0.25, -0.2) is 0 Å². The summed E-state index contributed by atoms with van der Waals surface area (Å²) in [6, 6.07) is 7.95. The summed E-state index contributed by atoms with van der Waals surface area (Å²) < 4.78 is 0. The van der Waals surface area contributed by atoms with Gasteiger partial charge in [0.05, 0.1) is 0 Å². The molecule has 0 unspecified atom stereocenters. The Morgan fingerprint density at radius 2 is 2.00 bits per heavy atom. The van der Waals surface area contributed by atoms with Crippen LogP contribution in [0.15, 0.2) is 24.3 Å². The van der Waals surface area contributed by atoms with Gasteiger partial charge >= 0.3 is 0 Å². The molecule has 0 heterocycles. The zero-order chi connectivity index (χ0) is 8.27. The van der Waals surface area contributed by atoms with Gasteiger partial charge in [-0.2, -0.15) is 0 Å². The molecule has 1 radical (unpaired) electrons. The van der Waals surface area contributed by atoms with Gasteiger partial charge in [0.25, 0.3) is 0 Å². The van der Waals surface area contributed by atoms with E-state index in [1.54, 1.807) is 0 Å². The predicted octanol–water partition coefficient (Wildman–Crippen LogP) is 3.69. The SMILES string of the molecule is CC[C](C)c1ccccc1Cl. The third-order valence-corrected chi connectivity index (χ3v) is 2.19. The maximum absolute atomic E-state index is 5.98. The maximum Gasteiger partial charge on any atom is 0.0443 e. The topological polar surface area (TPSA) is 0 Å². The monoisotopic (exact) mass is 167 g/mol. The molecule has 0 aliphatic carbocycles. The summed E-state index contributed by atoms with van der Waals surface area (Å²) in [6.07, 6.45) is 1.06. The summed E-state index contributed by atoms with van der Waals surface area (Å²) in [5, 5.41) is 0.854.